The first-order valence-corrected chi connectivity index (χ1v) is 7.39. The number of nitrogens with two attached hydrogens (primary N) is 1. The summed E-state index contributed by atoms with van der Waals surface area (Å²) in [6.45, 7) is 4.25. The van der Waals surface area contributed by atoms with E-state index in [2.05, 4.69) is 5.32 Å². The van der Waals surface area contributed by atoms with Crippen molar-refractivity contribution in [2.45, 2.75) is 32.9 Å². The average Bonchev–Trinajstić information content (AvgIpc) is 2.47. The predicted molar refractivity (Wildman–Crippen MR) is 95.1 cm³/mol. The van der Waals surface area contributed by atoms with E-state index in [1.165, 1.54) is 0 Å². The van der Waals surface area contributed by atoms with Gasteiger partial charge in [0.25, 0.3) is 0 Å². The monoisotopic (exact) mass is 334 g/mol. The Morgan fingerprint density at radius 2 is 1.91 bits per heavy atom. The number of carbonyl (C=O) groups is 1. The third kappa shape index (κ3) is 6.30. The summed E-state index contributed by atoms with van der Waals surface area (Å²) in [6.07, 6.45) is 0.320. The number of halogens is 1. The lowest BCUT2D eigenvalue weighted by molar-refractivity contribution is -0.121. The van der Waals surface area contributed by atoms with Gasteiger partial charge < -0.3 is 15.8 Å². The first-order valence-electron chi connectivity index (χ1n) is 7.39. The third-order valence-corrected chi connectivity index (χ3v) is 3.18. The standard InChI is InChI=1S/C18H22N2O2.ClH/c1-13-8-9-15(12-20-18(21)11-14(2)19)17(10-13)22-16-6-4-3-5-7-16;/h3-10,14H,11-12,19H2,1-2H3,(H,20,21);1H. The summed E-state index contributed by atoms with van der Waals surface area (Å²) in [5.41, 5.74) is 7.67. The van der Waals surface area contributed by atoms with Gasteiger partial charge in [-0.1, -0.05) is 30.3 Å². The van der Waals surface area contributed by atoms with E-state index >= 15 is 0 Å². The van der Waals surface area contributed by atoms with Crippen LogP contribution in [0.15, 0.2) is 48.5 Å². The molecule has 0 fully saturated rings. The Kier molecular flexibility index (Phi) is 7.59. The van der Waals surface area contributed by atoms with Crippen LogP contribution in [0.3, 0.4) is 0 Å². The van der Waals surface area contributed by atoms with Gasteiger partial charge in [0, 0.05) is 24.6 Å². The number of para-hydroxylation sites is 1. The highest BCUT2D eigenvalue weighted by molar-refractivity contribution is 5.85. The topological polar surface area (TPSA) is 64.4 Å². The van der Waals surface area contributed by atoms with Crippen LogP contribution in [-0.4, -0.2) is 11.9 Å². The predicted octanol–water partition coefficient (Wildman–Crippen LogP) is 3.56. The fraction of sp³-hybridized carbons (Fsp3) is 0.278. The van der Waals surface area contributed by atoms with E-state index in [4.69, 9.17) is 10.5 Å². The highest BCUT2D eigenvalue weighted by Gasteiger charge is 2.09. The number of benzene rings is 2. The summed E-state index contributed by atoms with van der Waals surface area (Å²) in [6, 6.07) is 15.4. The molecular formula is C18H23ClN2O2. The Balaban J connectivity index is 0.00000264. The van der Waals surface area contributed by atoms with Crippen molar-refractivity contribution in [3.05, 3.63) is 59.7 Å². The number of ether oxygens (including phenoxy) is 1. The second-order valence-electron chi connectivity index (χ2n) is 5.48. The summed E-state index contributed by atoms with van der Waals surface area (Å²) < 4.78 is 5.93. The van der Waals surface area contributed by atoms with E-state index in [1.807, 2.05) is 62.4 Å². The SMILES string of the molecule is Cc1ccc(CNC(=O)CC(C)N)c(Oc2ccccc2)c1.Cl. The summed E-state index contributed by atoms with van der Waals surface area (Å²) in [5.74, 6) is 1.48. The van der Waals surface area contributed by atoms with Crippen molar-refractivity contribution in [1.82, 2.24) is 5.32 Å². The van der Waals surface area contributed by atoms with Crippen molar-refractivity contribution in [3.63, 3.8) is 0 Å². The number of carbonyl (C=O) groups excluding carboxylic acids is 1. The number of hydrogen-bond acceptors (Lipinski definition) is 3. The molecule has 1 unspecified atom stereocenters. The third-order valence-electron chi connectivity index (χ3n) is 3.18. The molecule has 23 heavy (non-hydrogen) atoms. The Bertz CT molecular complexity index is 630. The molecule has 1 atom stereocenters. The van der Waals surface area contributed by atoms with Gasteiger partial charge in [-0.25, -0.2) is 0 Å². The molecule has 0 aliphatic carbocycles. The Labute approximate surface area is 143 Å². The fourth-order valence-electron chi connectivity index (χ4n) is 2.08. The first kappa shape index (κ1) is 19.0. The zero-order chi connectivity index (χ0) is 15.9. The first-order chi connectivity index (χ1) is 10.5. The van der Waals surface area contributed by atoms with Crippen LogP contribution >= 0.6 is 12.4 Å². The van der Waals surface area contributed by atoms with E-state index in [-0.39, 0.29) is 24.4 Å². The molecule has 0 aliphatic heterocycles. The van der Waals surface area contributed by atoms with E-state index in [0.717, 1.165) is 22.6 Å². The summed E-state index contributed by atoms with van der Waals surface area (Å²) in [5, 5.41) is 2.88. The van der Waals surface area contributed by atoms with E-state index in [1.54, 1.807) is 0 Å². The van der Waals surface area contributed by atoms with E-state index in [9.17, 15) is 4.79 Å². The summed E-state index contributed by atoms with van der Waals surface area (Å²) in [4.78, 5) is 11.7. The molecule has 0 heterocycles. The molecule has 2 aromatic rings. The van der Waals surface area contributed by atoms with Crippen molar-refractivity contribution < 1.29 is 9.53 Å². The Hall–Kier alpha value is -2.04. The maximum atomic E-state index is 11.7. The lowest BCUT2D eigenvalue weighted by atomic mass is 10.1. The summed E-state index contributed by atoms with van der Waals surface area (Å²) >= 11 is 0. The molecule has 0 bridgehead atoms. The minimum absolute atomic E-state index is 0. The second-order valence-corrected chi connectivity index (χ2v) is 5.48. The summed E-state index contributed by atoms with van der Waals surface area (Å²) in [7, 11) is 0. The molecule has 0 radical (unpaired) electrons. The van der Waals surface area contributed by atoms with E-state index < -0.39 is 0 Å². The maximum Gasteiger partial charge on any atom is 0.221 e. The van der Waals surface area contributed by atoms with Crippen LogP contribution in [0, 0.1) is 6.92 Å². The smallest absolute Gasteiger partial charge is 0.221 e. The minimum atomic E-state index is -0.141. The molecule has 5 heteroatoms. The van der Waals surface area contributed by atoms with Crippen LogP contribution in [0.4, 0.5) is 0 Å². The van der Waals surface area contributed by atoms with Gasteiger partial charge in [-0.3, -0.25) is 4.79 Å². The average molecular weight is 335 g/mol. The van der Waals surface area contributed by atoms with Crippen molar-refractivity contribution in [2.75, 3.05) is 0 Å². The van der Waals surface area contributed by atoms with Crippen LogP contribution < -0.4 is 15.8 Å². The van der Waals surface area contributed by atoms with Gasteiger partial charge >= 0.3 is 0 Å². The number of amides is 1. The second kappa shape index (κ2) is 9.18. The van der Waals surface area contributed by atoms with Crippen molar-refractivity contribution in [1.29, 1.82) is 0 Å². The van der Waals surface area contributed by atoms with Crippen LogP contribution in [0.25, 0.3) is 0 Å². The Morgan fingerprint density at radius 3 is 2.57 bits per heavy atom. The number of nitrogens with one attached hydrogen (secondary N) is 1. The van der Waals surface area contributed by atoms with Crippen molar-refractivity contribution in [3.8, 4) is 11.5 Å². The lowest BCUT2D eigenvalue weighted by Crippen LogP contribution is -2.29. The van der Waals surface area contributed by atoms with Gasteiger partial charge in [0.2, 0.25) is 5.91 Å². The number of aryl methyl sites for hydroxylation is 1. The van der Waals surface area contributed by atoms with Gasteiger partial charge in [0.05, 0.1) is 0 Å². The molecule has 1 amide bonds. The van der Waals surface area contributed by atoms with Crippen LogP contribution in [0.1, 0.15) is 24.5 Å². The molecule has 2 rings (SSSR count). The van der Waals surface area contributed by atoms with Crippen molar-refractivity contribution >= 4 is 18.3 Å². The number of hydrogen-bond donors (Lipinski definition) is 2. The molecule has 2 aromatic carbocycles. The largest absolute Gasteiger partial charge is 0.457 e. The van der Waals surface area contributed by atoms with Gasteiger partial charge in [0.1, 0.15) is 11.5 Å². The molecule has 0 spiro atoms. The zero-order valence-corrected chi connectivity index (χ0v) is 14.2. The van der Waals surface area contributed by atoms with Crippen LogP contribution in [-0.2, 0) is 11.3 Å². The van der Waals surface area contributed by atoms with Gasteiger partial charge in [-0.05, 0) is 37.6 Å². The molecule has 0 aliphatic rings. The molecule has 0 saturated carbocycles. The number of rotatable bonds is 6. The maximum absolute atomic E-state index is 11.7. The van der Waals surface area contributed by atoms with Crippen LogP contribution in [0.2, 0.25) is 0 Å². The molecule has 3 N–H and O–H groups in total. The molecule has 124 valence electrons. The molecule has 0 aromatic heterocycles. The van der Waals surface area contributed by atoms with Crippen LogP contribution in [0.5, 0.6) is 11.5 Å². The minimum Gasteiger partial charge on any atom is -0.457 e. The molecule has 0 saturated heterocycles. The zero-order valence-electron chi connectivity index (χ0n) is 13.4. The van der Waals surface area contributed by atoms with Gasteiger partial charge in [-0.15, -0.1) is 12.4 Å². The Morgan fingerprint density at radius 1 is 1.22 bits per heavy atom. The highest BCUT2D eigenvalue weighted by Crippen LogP contribution is 2.26. The van der Waals surface area contributed by atoms with Gasteiger partial charge in [0.15, 0.2) is 0 Å². The van der Waals surface area contributed by atoms with E-state index in [0.29, 0.717) is 13.0 Å². The quantitative estimate of drug-likeness (QED) is 0.849. The van der Waals surface area contributed by atoms with Gasteiger partial charge in [-0.2, -0.15) is 0 Å². The normalized spacial score (nSPS) is 11.3. The lowest BCUT2D eigenvalue weighted by Gasteiger charge is -2.13. The van der Waals surface area contributed by atoms with Crippen molar-refractivity contribution in [2.24, 2.45) is 5.73 Å². The fourth-order valence-corrected chi connectivity index (χ4v) is 2.08. The molecule has 4 nitrogen and oxygen atoms in total. The molecular weight excluding hydrogens is 312 g/mol. The highest BCUT2D eigenvalue weighted by atomic mass is 35.5.